The molecule has 3 rings (SSSR count). The first-order valence-corrected chi connectivity index (χ1v) is 7.22. The standard InChI is InChI=1S/C16H21N3O/c1-12-2-4-13(5-3-12)16(14-6-7-14)18-15-10-17-19(11-15)8-9-20/h2-5,10-11,14,16,18,20H,6-9H2,1H3. The van der Waals surface area contributed by atoms with Crippen LogP contribution in [0.25, 0.3) is 0 Å². The van der Waals surface area contributed by atoms with Crippen molar-refractivity contribution in [3.63, 3.8) is 0 Å². The number of nitrogens with one attached hydrogen (secondary N) is 1. The van der Waals surface area contributed by atoms with Gasteiger partial charge in [0.15, 0.2) is 0 Å². The Labute approximate surface area is 119 Å². The molecule has 0 amide bonds. The van der Waals surface area contributed by atoms with Crippen molar-refractivity contribution in [1.29, 1.82) is 0 Å². The van der Waals surface area contributed by atoms with Crippen molar-refractivity contribution >= 4 is 5.69 Å². The number of hydrogen-bond donors (Lipinski definition) is 2. The van der Waals surface area contributed by atoms with Gasteiger partial charge in [-0.1, -0.05) is 29.8 Å². The summed E-state index contributed by atoms with van der Waals surface area (Å²) in [4.78, 5) is 0. The van der Waals surface area contributed by atoms with Gasteiger partial charge in [0.25, 0.3) is 0 Å². The molecule has 1 aromatic heterocycles. The molecule has 4 heteroatoms. The highest BCUT2D eigenvalue weighted by Crippen LogP contribution is 2.42. The number of anilines is 1. The van der Waals surface area contributed by atoms with E-state index in [0.29, 0.717) is 12.6 Å². The van der Waals surface area contributed by atoms with Crippen LogP contribution in [0.5, 0.6) is 0 Å². The van der Waals surface area contributed by atoms with Crippen molar-refractivity contribution in [2.75, 3.05) is 11.9 Å². The van der Waals surface area contributed by atoms with Gasteiger partial charge < -0.3 is 10.4 Å². The van der Waals surface area contributed by atoms with E-state index < -0.39 is 0 Å². The lowest BCUT2D eigenvalue weighted by Crippen LogP contribution is -2.12. The van der Waals surface area contributed by atoms with Crippen molar-refractivity contribution in [2.45, 2.75) is 32.4 Å². The molecule has 1 aliphatic carbocycles. The topological polar surface area (TPSA) is 50.1 Å². The zero-order chi connectivity index (χ0) is 13.9. The Bertz CT molecular complexity index is 557. The molecule has 2 aromatic rings. The first-order chi connectivity index (χ1) is 9.76. The molecule has 1 heterocycles. The molecule has 2 N–H and O–H groups in total. The van der Waals surface area contributed by atoms with Crippen LogP contribution < -0.4 is 5.32 Å². The van der Waals surface area contributed by atoms with Crippen LogP contribution in [0.2, 0.25) is 0 Å². The van der Waals surface area contributed by atoms with Crippen molar-refractivity contribution in [3.05, 3.63) is 47.8 Å². The second kappa shape index (κ2) is 5.67. The number of aliphatic hydroxyl groups excluding tert-OH is 1. The number of aliphatic hydroxyl groups is 1. The van der Waals surface area contributed by atoms with Gasteiger partial charge in [0.2, 0.25) is 0 Å². The van der Waals surface area contributed by atoms with Gasteiger partial charge in [0, 0.05) is 6.20 Å². The Morgan fingerprint density at radius 1 is 1.35 bits per heavy atom. The lowest BCUT2D eigenvalue weighted by Gasteiger charge is -2.19. The summed E-state index contributed by atoms with van der Waals surface area (Å²) < 4.78 is 1.77. The van der Waals surface area contributed by atoms with Gasteiger partial charge in [-0.15, -0.1) is 0 Å². The minimum absolute atomic E-state index is 0.116. The van der Waals surface area contributed by atoms with Crippen LogP contribution in [-0.2, 0) is 6.54 Å². The van der Waals surface area contributed by atoms with E-state index in [2.05, 4.69) is 41.6 Å². The van der Waals surface area contributed by atoms with Gasteiger partial charge in [-0.25, -0.2) is 0 Å². The second-order valence-corrected chi connectivity index (χ2v) is 5.59. The Hall–Kier alpha value is -1.81. The van der Waals surface area contributed by atoms with Crippen molar-refractivity contribution in [3.8, 4) is 0 Å². The maximum atomic E-state index is 8.93. The monoisotopic (exact) mass is 271 g/mol. The quantitative estimate of drug-likeness (QED) is 0.849. The molecular weight excluding hydrogens is 250 g/mol. The number of benzene rings is 1. The van der Waals surface area contributed by atoms with E-state index in [-0.39, 0.29) is 6.61 Å². The lowest BCUT2D eigenvalue weighted by molar-refractivity contribution is 0.269. The molecule has 1 aliphatic rings. The minimum Gasteiger partial charge on any atom is -0.394 e. The van der Waals surface area contributed by atoms with Crippen LogP contribution in [0.1, 0.15) is 30.0 Å². The second-order valence-electron chi connectivity index (χ2n) is 5.59. The van der Waals surface area contributed by atoms with Crippen LogP contribution in [0.3, 0.4) is 0 Å². The predicted molar refractivity (Wildman–Crippen MR) is 79.6 cm³/mol. The van der Waals surface area contributed by atoms with Gasteiger partial charge in [-0.3, -0.25) is 4.68 Å². The van der Waals surface area contributed by atoms with E-state index in [1.807, 2.05) is 12.4 Å². The molecule has 20 heavy (non-hydrogen) atoms. The average Bonchev–Trinajstić information content (AvgIpc) is 3.19. The number of hydrogen-bond acceptors (Lipinski definition) is 3. The normalized spacial score (nSPS) is 16.1. The Morgan fingerprint density at radius 2 is 2.10 bits per heavy atom. The van der Waals surface area contributed by atoms with Crippen LogP contribution in [-0.4, -0.2) is 21.5 Å². The summed E-state index contributed by atoms with van der Waals surface area (Å²) in [5, 5.41) is 16.8. The summed E-state index contributed by atoms with van der Waals surface area (Å²) >= 11 is 0. The molecule has 0 saturated heterocycles. The maximum absolute atomic E-state index is 8.93. The lowest BCUT2D eigenvalue weighted by atomic mass is 10.0. The maximum Gasteiger partial charge on any atom is 0.0731 e. The SMILES string of the molecule is Cc1ccc(C(Nc2cnn(CCO)c2)C2CC2)cc1. The highest BCUT2D eigenvalue weighted by atomic mass is 16.3. The average molecular weight is 271 g/mol. The highest BCUT2D eigenvalue weighted by Gasteiger charge is 2.32. The molecule has 0 radical (unpaired) electrons. The van der Waals surface area contributed by atoms with Crippen molar-refractivity contribution < 1.29 is 5.11 Å². The van der Waals surface area contributed by atoms with E-state index in [1.165, 1.54) is 24.0 Å². The fourth-order valence-electron chi connectivity index (χ4n) is 2.52. The summed E-state index contributed by atoms with van der Waals surface area (Å²) in [5.41, 5.74) is 3.66. The Morgan fingerprint density at radius 3 is 2.75 bits per heavy atom. The van der Waals surface area contributed by atoms with E-state index in [0.717, 1.165) is 11.6 Å². The first-order valence-electron chi connectivity index (χ1n) is 7.22. The number of nitrogens with zero attached hydrogens (tertiary/aromatic N) is 2. The van der Waals surface area contributed by atoms with Crippen LogP contribution in [0.15, 0.2) is 36.7 Å². The Kier molecular flexibility index (Phi) is 3.74. The molecule has 1 saturated carbocycles. The fourth-order valence-corrected chi connectivity index (χ4v) is 2.52. The smallest absolute Gasteiger partial charge is 0.0731 e. The molecule has 1 fully saturated rings. The van der Waals surface area contributed by atoms with E-state index in [4.69, 9.17) is 5.11 Å². The molecule has 106 valence electrons. The predicted octanol–water partition coefficient (Wildman–Crippen LogP) is 2.75. The molecule has 4 nitrogen and oxygen atoms in total. The molecular formula is C16H21N3O. The van der Waals surface area contributed by atoms with Crippen molar-refractivity contribution in [1.82, 2.24) is 9.78 Å². The zero-order valence-corrected chi connectivity index (χ0v) is 11.8. The van der Waals surface area contributed by atoms with Gasteiger partial charge in [-0.05, 0) is 31.2 Å². The molecule has 1 atom stereocenters. The van der Waals surface area contributed by atoms with Gasteiger partial charge in [-0.2, -0.15) is 5.10 Å². The van der Waals surface area contributed by atoms with E-state index in [1.54, 1.807) is 4.68 Å². The fraction of sp³-hybridized carbons (Fsp3) is 0.438. The summed E-state index contributed by atoms with van der Waals surface area (Å²) in [5.74, 6) is 0.721. The highest BCUT2D eigenvalue weighted by molar-refractivity contribution is 5.43. The van der Waals surface area contributed by atoms with E-state index >= 15 is 0 Å². The molecule has 0 aliphatic heterocycles. The molecule has 1 unspecified atom stereocenters. The third-order valence-electron chi connectivity index (χ3n) is 3.81. The molecule has 0 spiro atoms. The van der Waals surface area contributed by atoms with Gasteiger partial charge >= 0.3 is 0 Å². The summed E-state index contributed by atoms with van der Waals surface area (Å²) in [6.45, 7) is 2.77. The zero-order valence-electron chi connectivity index (χ0n) is 11.8. The largest absolute Gasteiger partial charge is 0.394 e. The van der Waals surface area contributed by atoms with Gasteiger partial charge in [0.1, 0.15) is 0 Å². The minimum atomic E-state index is 0.116. The molecule has 0 bridgehead atoms. The Balaban J connectivity index is 1.75. The third kappa shape index (κ3) is 3.02. The van der Waals surface area contributed by atoms with Crippen LogP contribution >= 0.6 is 0 Å². The summed E-state index contributed by atoms with van der Waals surface area (Å²) in [6, 6.07) is 9.12. The van der Waals surface area contributed by atoms with Gasteiger partial charge in [0.05, 0.1) is 31.1 Å². The van der Waals surface area contributed by atoms with E-state index in [9.17, 15) is 0 Å². The number of rotatable bonds is 6. The first kappa shape index (κ1) is 13.2. The summed E-state index contributed by atoms with van der Waals surface area (Å²) in [7, 11) is 0. The number of aromatic nitrogens is 2. The van der Waals surface area contributed by atoms with Crippen LogP contribution in [0, 0.1) is 12.8 Å². The number of aryl methyl sites for hydroxylation is 1. The molecule has 1 aromatic carbocycles. The van der Waals surface area contributed by atoms with Crippen molar-refractivity contribution in [2.24, 2.45) is 5.92 Å². The summed E-state index contributed by atoms with van der Waals surface area (Å²) in [6.07, 6.45) is 6.37. The third-order valence-corrected chi connectivity index (χ3v) is 3.81. The van der Waals surface area contributed by atoms with Crippen LogP contribution in [0.4, 0.5) is 5.69 Å².